The van der Waals surface area contributed by atoms with Crippen molar-refractivity contribution in [3.8, 4) is 22.9 Å². The fourth-order valence-electron chi connectivity index (χ4n) is 3.65. The van der Waals surface area contributed by atoms with Gasteiger partial charge in [0.1, 0.15) is 0 Å². The Bertz CT molecular complexity index is 894. The van der Waals surface area contributed by atoms with Crippen molar-refractivity contribution in [2.45, 2.75) is 39.2 Å². The summed E-state index contributed by atoms with van der Waals surface area (Å²) in [4.78, 5) is 3.45. The molecule has 1 aromatic carbocycles. The van der Waals surface area contributed by atoms with Crippen LogP contribution in [0.15, 0.2) is 24.3 Å². The molecule has 22 heavy (non-hydrogen) atoms. The Morgan fingerprint density at radius 3 is 2.45 bits per heavy atom. The first-order chi connectivity index (χ1) is 10.4. The summed E-state index contributed by atoms with van der Waals surface area (Å²) in [5.41, 5.74) is 4.50. The lowest BCUT2D eigenvalue weighted by Crippen LogP contribution is -2.20. The van der Waals surface area contributed by atoms with Crippen LogP contribution in [0.1, 0.15) is 32.0 Å². The predicted octanol–water partition coefficient (Wildman–Crippen LogP) is 3.90. The maximum Gasteiger partial charge on any atom is 0.202 e. The largest absolute Gasteiger partial charge is 0.494 e. The summed E-state index contributed by atoms with van der Waals surface area (Å²) in [7, 11) is 0. The summed E-state index contributed by atoms with van der Waals surface area (Å²) in [6, 6.07) is 8.11. The number of aromatic hydroxyl groups is 2. The summed E-state index contributed by atoms with van der Waals surface area (Å²) < 4.78 is 1.63. The third kappa shape index (κ3) is 1.58. The summed E-state index contributed by atoms with van der Waals surface area (Å²) in [5, 5.41) is 22.5. The third-order valence-electron chi connectivity index (χ3n) is 4.55. The molecule has 3 aromatic rings. The van der Waals surface area contributed by atoms with Gasteiger partial charge in [-0.05, 0) is 39.7 Å². The Labute approximate surface area is 129 Å². The van der Waals surface area contributed by atoms with Crippen LogP contribution in [0.3, 0.4) is 0 Å². The van der Waals surface area contributed by atoms with Gasteiger partial charge in [0.15, 0.2) is 5.88 Å². The van der Waals surface area contributed by atoms with Gasteiger partial charge in [0.25, 0.3) is 0 Å². The van der Waals surface area contributed by atoms with E-state index in [1.54, 1.807) is 4.57 Å². The van der Waals surface area contributed by atoms with Gasteiger partial charge in [0.2, 0.25) is 5.88 Å². The molecule has 1 aliphatic rings. The number of para-hydroxylation sites is 1. The van der Waals surface area contributed by atoms with E-state index < -0.39 is 0 Å². The van der Waals surface area contributed by atoms with E-state index in [0.717, 1.165) is 46.1 Å². The van der Waals surface area contributed by atoms with Crippen LogP contribution in [0.5, 0.6) is 11.8 Å². The Morgan fingerprint density at radius 2 is 1.73 bits per heavy atom. The molecule has 0 spiro atoms. The lowest BCUT2D eigenvalue weighted by molar-refractivity contribution is 0.284. The van der Waals surface area contributed by atoms with E-state index >= 15 is 0 Å². The summed E-state index contributed by atoms with van der Waals surface area (Å²) in [5.74, 6) is 0.349. The molecule has 0 bridgehead atoms. The van der Waals surface area contributed by atoms with Gasteiger partial charge < -0.3 is 15.2 Å². The zero-order chi connectivity index (χ0) is 15.6. The second kappa shape index (κ2) is 4.09. The van der Waals surface area contributed by atoms with Crippen molar-refractivity contribution in [1.29, 1.82) is 0 Å². The number of benzene rings is 1. The number of hydrogen-bond donors (Lipinski definition) is 3. The van der Waals surface area contributed by atoms with Crippen molar-refractivity contribution in [3.05, 3.63) is 35.5 Å². The number of aryl methyl sites for hydroxylation is 1. The van der Waals surface area contributed by atoms with E-state index in [1.807, 2.05) is 39.0 Å². The highest BCUT2D eigenvalue weighted by molar-refractivity contribution is 6.01. The molecule has 0 amide bonds. The van der Waals surface area contributed by atoms with Crippen LogP contribution in [0, 0.1) is 0 Å². The number of aromatic amines is 1. The molecule has 4 rings (SSSR count). The molecule has 0 atom stereocenters. The molecular formula is C18H20N2O2. The molecular weight excluding hydrogens is 276 g/mol. The molecule has 0 saturated heterocycles. The van der Waals surface area contributed by atoms with Crippen LogP contribution >= 0.6 is 0 Å². The molecule has 1 aliphatic carbocycles. The van der Waals surface area contributed by atoms with Crippen LogP contribution in [0.4, 0.5) is 0 Å². The second-order valence-electron chi connectivity index (χ2n) is 7.03. The van der Waals surface area contributed by atoms with Gasteiger partial charge in [-0.3, -0.25) is 4.57 Å². The SMILES string of the molecule is CC(C)(C)n1c(O)c2c(c1O)-c1c([nH]c3ccccc13)CC2. The van der Waals surface area contributed by atoms with E-state index in [2.05, 4.69) is 11.1 Å². The maximum atomic E-state index is 10.8. The number of H-pyrrole nitrogens is 1. The minimum atomic E-state index is -0.377. The maximum absolute atomic E-state index is 10.8. The highest BCUT2D eigenvalue weighted by Crippen LogP contribution is 2.50. The van der Waals surface area contributed by atoms with E-state index in [9.17, 15) is 10.2 Å². The predicted molar refractivity (Wildman–Crippen MR) is 87.5 cm³/mol. The van der Waals surface area contributed by atoms with Crippen molar-refractivity contribution in [1.82, 2.24) is 9.55 Å². The van der Waals surface area contributed by atoms with E-state index in [4.69, 9.17) is 0 Å². The van der Waals surface area contributed by atoms with E-state index in [1.165, 1.54) is 0 Å². The van der Waals surface area contributed by atoms with Crippen molar-refractivity contribution in [2.24, 2.45) is 0 Å². The molecule has 114 valence electrons. The Hall–Kier alpha value is -2.36. The molecule has 0 aliphatic heterocycles. The number of hydrogen-bond acceptors (Lipinski definition) is 2. The van der Waals surface area contributed by atoms with Gasteiger partial charge in [0.05, 0.1) is 5.56 Å². The number of aromatic nitrogens is 2. The quantitative estimate of drug-likeness (QED) is 0.589. The number of nitrogens with one attached hydrogen (secondary N) is 1. The molecule has 0 radical (unpaired) electrons. The third-order valence-corrected chi connectivity index (χ3v) is 4.55. The zero-order valence-corrected chi connectivity index (χ0v) is 13.1. The Balaban J connectivity index is 2.11. The van der Waals surface area contributed by atoms with Crippen LogP contribution in [-0.4, -0.2) is 19.8 Å². The number of nitrogens with zero attached hydrogens (tertiary/aromatic N) is 1. The normalized spacial score (nSPS) is 14.1. The average molecular weight is 296 g/mol. The van der Waals surface area contributed by atoms with Gasteiger partial charge in [-0.15, -0.1) is 0 Å². The summed E-state index contributed by atoms with van der Waals surface area (Å²) in [6.45, 7) is 5.94. The average Bonchev–Trinajstić information content (AvgIpc) is 2.94. The minimum Gasteiger partial charge on any atom is -0.494 e. The molecule has 0 saturated carbocycles. The fraction of sp³-hybridized carbons (Fsp3) is 0.333. The lowest BCUT2D eigenvalue weighted by Gasteiger charge is -2.23. The first kappa shape index (κ1) is 13.3. The molecule has 4 nitrogen and oxygen atoms in total. The van der Waals surface area contributed by atoms with E-state index in [0.29, 0.717) is 0 Å². The van der Waals surface area contributed by atoms with Crippen LogP contribution < -0.4 is 0 Å². The standard InChI is InChI=1S/C18H20N2O2/c1-18(2,3)20-16(21)11-8-9-13-14(15(11)17(20)22)10-6-4-5-7-12(10)19-13/h4-7,19,21-22H,8-9H2,1-3H3. The van der Waals surface area contributed by atoms with Gasteiger partial charge in [-0.1, -0.05) is 18.2 Å². The van der Waals surface area contributed by atoms with Gasteiger partial charge in [0, 0.05) is 33.3 Å². The van der Waals surface area contributed by atoms with Crippen LogP contribution in [0.2, 0.25) is 0 Å². The van der Waals surface area contributed by atoms with Gasteiger partial charge >= 0.3 is 0 Å². The Kier molecular flexibility index (Phi) is 2.48. The minimum absolute atomic E-state index is 0.158. The first-order valence-corrected chi connectivity index (χ1v) is 7.65. The molecule has 0 unspecified atom stereocenters. The van der Waals surface area contributed by atoms with Gasteiger partial charge in [-0.25, -0.2) is 0 Å². The Morgan fingerprint density at radius 1 is 1.00 bits per heavy atom. The van der Waals surface area contributed by atoms with Crippen LogP contribution in [-0.2, 0) is 18.4 Å². The van der Waals surface area contributed by atoms with E-state index in [-0.39, 0.29) is 17.3 Å². The van der Waals surface area contributed by atoms with Gasteiger partial charge in [-0.2, -0.15) is 0 Å². The fourth-order valence-corrected chi connectivity index (χ4v) is 3.65. The van der Waals surface area contributed by atoms with Crippen molar-refractivity contribution >= 4 is 10.9 Å². The smallest absolute Gasteiger partial charge is 0.202 e. The highest BCUT2D eigenvalue weighted by atomic mass is 16.3. The van der Waals surface area contributed by atoms with Crippen molar-refractivity contribution in [2.75, 3.05) is 0 Å². The number of rotatable bonds is 0. The first-order valence-electron chi connectivity index (χ1n) is 7.65. The van der Waals surface area contributed by atoms with Crippen molar-refractivity contribution in [3.63, 3.8) is 0 Å². The molecule has 2 heterocycles. The number of fused-ring (bicyclic) bond motifs is 5. The summed E-state index contributed by atoms with van der Waals surface area (Å²) >= 11 is 0. The highest BCUT2D eigenvalue weighted by Gasteiger charge is 2.34. The topological polar surface area (TPSA) is 61.2 Å². The van der Waals surface area contributed by atoms with Crippen LogP contribution in [0.25, 0.3) is 22.0 Å². The molecule has 3 N–H and O–H groups in total. The molecule has 4 heteroatoms. The summed E-state index contributed by atoms with van der Waals surface area (Å²) in [6.07, 6.45) is 1.58. The van der Waals surface area contributed by atoms with Crippen molar-refractivity contribution < 1.29 is 10.2 Å². The molecule has 0 fully saturated rings. The zero-order valence-electron chi connectivity index (χ0n) is 13.1. The molecule has 2 aromatic heterocycles. The second-order valence-corrected chi connectivity index (χ2v) is 7.03. The monoisotopic (exact) mass is 296 g/mol. The lowest BCUT2D eigenvalue weighted by atomic mass is 9.91.